The summed E-state index contributed by atoms with van der Waals surface area (Å²) in [7, 11) is 0. The largest absolute Gasteiger partial charge is 0.472 e. The highest BCUT2D eigenvalue weighted by atomic mass is 16.5. The maximum atomic E-state index is 12.0. The van der Waals surface area contributed by atoms with Crippen LogP contribution < -0.4 is 10.1 Å². The fourth-order valence-electron chi connectivity index (χ4n) is 2.58. The quantitative estimate of drug-likeness (QED) is 0.686. The lowest BCUT2D eigenvalue weighted by Crippen LogP contribution is -2.26. The fourth-order valence-corrected chi connectivity index (χ4v) is 2.58. The number of hydrogen-bond donors (Lipinski definition) is 1. The molecule has 1 fully saturated rings. The van der Waals surface area contributed by atoms with Gasteiger partial charge in [-0.3, -0.25) is 9.78 Å². The van der Waals surface area contributed by atoms with Crippen molar-refractivity contribution in [2.24, 2.45) is 5.92 Å². The first-order valence-corrected chi connectivity index (χ1v) is 8.82. The molecule has 0 atom stereocenters. The molecule has 8 heteroatoms. The van der Waals surface area contributed by atoms with Gasteiger partial charge in [0.15, 0.2) is 5.69 Å². The monoisotopic (exact) mass is 365 g/mol. The van der Waals surface area contributed by atoms with Gasteiger partial charge in [0.2, 0.25) is 5.88 Å². The minimum Gasteiger partial charge on any atom is -0.472 e. The van der Waals surface area contributed by atoms with Crippen LogP contribution in [0.3, 0.4) is 0 Å². The first-order chi connectivity index (χ1) is 13.2. The summed E-state index contributed by atoms with van der Waals surface area (Å²) < 4.78 is 11.0. The van der Waals surface area contributed by atoms with Crippen LogP contribution in [0.4, 0.5) is 0 Å². The maximum Gasteiger partial charge on any atom is 0.271 e. The first-order valence-electron chi connectivity index (χ1n) is 8.82. The van der Waals surface area contributed by atoms with E-state index >= 15 is 0 Å². The second-order valence-corrected chi connectivity index (χ2v) is 6.48. The van der Waals surface area contributed by atoms with Crippen molar-refractivity contribution in [1.82, 2.24) is 25.7 Å². The number of nitrogens with zero attached hydrogens (tertiary/aromatic N) is 4. The zero-order valence-corrected chi connectivity index (χ0v) is 14.9. The molecule has 0 saturated heterocycles. The van der Waals surface area contributed by atoms with E-state index < -0.39 is 0 Å². The Kier molecular flexibility index (Phi) is 4.78. The van der Waals surface area contributed by atoms with Gasteiger partial charge in [-0.15, -0.1) is 10.2 Å². The van der Waals surface area contributed by atoms with E-state index in [1.807, 2.05) is 25.1 Å². The number of aromatic nitrogens is 4. The molecule has 0 unspecified atom stereocenters. The molecule has 1 N–H and O–H groups in total. The third-order valence-electron chi connectivity index (χ3n) is 4.38. The van der Waals surface area contributed by atoms with Crippen LogP contribution in [0.2, 0.25) is 0 Å². The minimum atomic E-state index is -0.215. The van der Waals surface area contributed by atoms with Crippen molar-refractivity contribution in [1.29, 1.82) is 0 Å². The number of amides is 1. The van der Waals surface area contributed by atoms with Crippen molar-refractivity contribution in [3.63, 3.8) is 0 Å². The van der Waals surface area contributed by atoms with Crippen molar-refractivity contribution < 1.29 is 14.1 Å². The van der Waals surface area contributed by atoms with Crippen molar-refractivity contribution in [3.05, 3.63) is 53.5 Å². The summed E-state index contributed by atoms with van der Waals surface area (Å²) in [4.78, 5) is 16.3. The van der Waals surface area contributed by atoms with E-state index in [0.717, 1.165) is 5.56 Å². The van der Waals surface area contributed by atoms with Crippen LogP contribution in [0.15, 0.2) is 41.1 Å². The third-order valence-corrected chi connectivity index (χ3v) is 4.38. The number of aryl methyl sites for hydroxylation is 1. The molecule has 0 bridgehead atoms. The molecule has 138 valence electrons. The van der Waals surface area contributed by atoms with Crippen LogP contribution in [-0.4, -0.2) is 32.8 Å². The lowest BCUT2D eigenvalue weighted by Gasteiger charge is -2.06. The molecule has 8 nitrogen and oxygen atoms in total. The molecule has 4 rings (SSSR count). The molecule has 0 radical (unpaired) electrons. The Hall–Kier alpha value is -3.29. The summed E-state index contributed by atoms with van der Waals surface area (Å²) >= 11 is 0. The molecular formula is C19H19N5O3. The van der Waals surface area contributed by atoms with Crippen LogP contribution in [-0.2, 0) is 6.61 Å². The fraction of sp³-hybridized carbons (Fsp3) is 0.316. The van der Waals surface area contributed by atoms with Gasteiger partial charge in [-0.2, -0.15) is 0 Å². The van der Waals surface area contributed by atoms with Gasteiger partial charge >= 0.3 is 0 Å². The number of ether oxygens (including phenoxy) is 1. The summed E-state index contributed by atoms with van der Waals surface area (Å²) in [5.41, 5.74) is 2.42. The molecule has 3 aromatic heterocycles. The highest BCUT2D eigenvalue weighted by molar-refractivity contribution is 5.92. The second-order valence-electron chi connectivity index (χ2n) is 6.48. The first kappa shape index (κ1) is 17.1. The Morgan fingerprint density at radius 2 is 2.15 bits per heavy atom. The van der Waals surface area contributed by atoms with Gasteiger partial charge in [-0.25, -0.2) is 0 Å². The van der Waals surface area contributed by atoms with E-state index in [9.17, 15) is 4.79 Å². The predicted molar refractivity (Wildman–Crippen MR) is 95.9 cm³/mol. The molecule has 0 spiro atoms. The molecule has 3 heterocycles. The number of hydrogen-bond acceptors (Lipinski definition) is 7. The van der Waals surface area contributed by atoms with Crippen molar-refractivity contribution >= 4 is 5.91 Å². The molecule has 1 aliphatic rings. The molecule has 0 aromatic carbocycles. The van der Waals surface area contributed by atoms with Crippen LogP contribution in [0, 0.1) is 12.8 Å². The predicted octanol–water partition coefficient (Wildman–Crippen LogP) is 2.55. The van der Waals surface area contributed by atoms with E-state index in [2.05, 4.69) is 25.7 Å². The van der Waals surface area contributed by atoms with E-state index in [1.165, 1.54) is 12.8 Å². The molecule has 1 aliphatic carbocycles. The topological polar surface area (TPSA) is 103 Å². The van der Waals surface area contributed by atoms with Crippen LogP contribution in [0.25, 0.3) is 11.4 Å². The molecule has 27 heavy (non-hydrogen) atoms. The van der Waals surface area contributed by atoms with Crippen molar-refractivity contribution in [2.75, 3.05) is 6.54 Å². The highest BCUT2D eigenvalue weighted by Gasteiger charge is 2.22. The van der Waals surface area contributed by atoms with Crippen LogP contribution >= 0.6 is 0 Å². The lowest BCUT2D eigenvalue weighted by molar-refractivity contribution is 0.0945. The second kappa shape index (κ2) is 7.53. The summed E-state index contributed by atoms with van der Waals surface area (Å²) in [5.74, 6) is 1.37. The third kappa shape index (κ3) is 4.11. The summed E-state index contributed by atoms with van der Waals surface area (Å²) in [5, 5.41) is 14.8. The maximum absolute atomic E-state index is 12.0. The molecule has 0 aliphatic heterocycles. The van der Waals surface area contributed by atoms with Crippen LogP contribution in [0.1, 0.15) is 34.7 Å². The number of carbonyl (C=O) groups excluding carboxylic acids is 1. The molecule has 1 saturated carbocycles. The Labute approximate surface area is 156 Å². The number of nitrogens with one attached hydrogen (secondary N) is 1. The normalized spacial score (nSPS) is 13.4. The van der Waals surface area contributed by atoms with Crippen LogP contribution in [0.5, 0.6) is 5.88 Å². The van der Waals surface area contributed by atoms with E-state index in [4.69, 9.17) is 9.26 Å². The Morgan fingerprint density at radius 1 is 1.26 bits per heavy atom. The van der Waals surface area contributed by atoms with E-state index in [-0.39, 0.29) is 18.2 Å². The van der Waals surface area contributed by atoms with Gasteiger partial charge in [0, 0.05) is 18.8 Å². The molecule has 1 amide bonds. The van der Waals surface area contributed by atoms with Gasteiger partial charge in [0.25, 0.3) is 5.91 Å². The number of pyridine rings is 1. The summed E-state index contributed by atoms with van der Waals surface area (Å²) in [6.45, 7) is 2.72. The Bertz CT molecular complexity index is 920. The highest BCUT2D eigenvalue weighted by Crippen LogP contribution is 2.27. The Balaban J connectivity index is 1.40. The SMILES string of the molecule is Cc1onc(-c2ccccn2)c1COc1ccc(C(=O)NCC2CC2)nn1. The minimum absolute atomic E-state index is 0.211. The van der Waals surface area contributed by atoms with Crippen molar-refractivity contribution in [3.8, 4) is 17.3 Å². The smallest absolute Gasteiger partial charge is 0.271 e. The van der Waals surface area contributed by atoms with Gasteiger partial charge in [-0.1, -0.05) is 11.2 Å². The zero-order valence-electron chi connectivity index (χ0n) is 14.9. The summed E-state index contributed by atoms with van der Waals surface area (Å²) in [6.07, 6.45) is 4.06. The molecule has 3 aromatic rings. The average Bonchev–Trinajstić information content (AvgIpc) is 3.47. The zero-order chi connectivity index (χ0) is 18.6. The van der Waals surface area contributed by atoms with E-state index in [1.54, 1.807) is 18.3 Å². The Morgan fingerprint density at radius 3 is 2.85 bits per heavy atom. The van der Waals surface area contributed by atoms with Crippen molar-refractivity contribution in [2.45, 2.75) is 26.4 Å². The van der Waals surface area contributed by atoms with Gasteiger partial charge in [0.1, 0.15) is 18.1 Å². The summed E-state index contributed by atoms with van der Waals surface area (Å²) in [6, 6.07) is 8.81. The molecular weight excluding hydrogens is 346 g/mol. The van der Waals surface area contributed by atoms with Gasteiger partial charge in [-0.05, 0) is 43.9 Å². The average molecular weight is 365 g/mol. The van der Waals surface area contributed by atoms with Gasteiger partial charge < -0.3 is 14.6 Å². The number of carbonyl (C=O) groups is 1. The van der Waals surface area contributed by atoms with E-state index in [0.29, 0.717) is 35.5 Å². The number of rotatable bonds is 7. The lowest BCUT2D eigenvalue weighted by atomic mass is 10.1. The standard InChI is InChI=1S/C19H19N5O3/c1-12-14(18(24-27-12)15-4-2-3-9-20-15)11-26-17-8-7-16(22-23-17)19(25)21-10-13-5-6-13/h2-4,7-9,13H,5-6,10-11H2,1H3,(H,21,25). The van der Waals surface area contributed by atoms with Gasteiger partial charge in [0.05, 0.1) is 11.3 Å².